The molecule has 0 spiro atoms. The number of nitrogens with zero attached hydrogens (tertiary/aromatic N) is 2. The topological polar surface area (TPSA) is 67.6 Å². The van der Waals surface area contributed by atoms with Crippen LogP contribution in [0.15, 0.2) is 18.2 Å². The molecule has 1 unspecified atom stereocenters. The molecule has 1 aromatic carbocycles. The molecule has 0 saturated carbocycles. The quantitative estimate of drug-likeness (QED) is 0.616. The first kappa shape index (κ1) is 15.7. The minimum atomic E-state index is -0.335. The van der Waals surface area contributed by atoms with Crippen molar-refractivity contribution in [3.8, 4) is 0 Å². The highest BCUT2D eigenvalue weighted by Crippen LogP contribution is 2.24. The van der Waals surface area contributed by atoms with E-state index in [4.69, 9.17) is 4.74 Å². The van der Waals surface area contributed by atoms with Crippen molar-refractivity contribution in [3.63, 3.8) is 0 Å². The Balaban J connectivity index is 2.19. The average molecular weight is 293 g/mol. The predicted octanol–water partition coefficient (Wildman–Crippen LogP) is 2.11. The maximum absolute atomic E-state index is 11.0. The second-order valence-corrected chi connectivity index (χ2v) is 5.52. The molecule has 0 aliphatic carbocycles. The Labute approximate surface area is 125 Å². The van der Waals surface area contributed by atoms with Gasteiger partial charge in [-0.3, -0.25) is 10.1 Å². The zero-order valence-electron chi connectivity index (χ0n) is 12.7. The second kappa shape index (κ2) is 7.38. The first-order valence-electron chi connectivity index (χ1n) is 7.33. The van der Waals surface area contributed by atoms with Crippen molar-refractivity contribution in [2.75, 3.05) is 38.3 Å². The van der Waals surface area contributed by atoms with Crippen molar-refractivity contribution >= 4 is 11.4 Å². The fourth-order valence-electron chi connectivity index (χ4n) is 2.74. The van der Waals surface area contributed by atoms with Gasteiger partial charge in [0.05, 0.1) is 11.5 Å². The van der Waals surface area contributed by atoms with Crippen LogP contribution >= 0.6 is 0 Å². The summed E-state index contributed by atoms with van der Waals surface area (Å²) in [4.78, 5) is 12.9. The smallest absolute Gasteiger partial charge is 0.271 e. The van der Waals surface area contributed by atoms with Crippen molar-refractivity contribution < 1.29 is 9.66 Å². The Bertz CT molecular complexity index is 487. The predicted molar refractivity (Wildman–Crippen MR) is 82.9 cm³/mol. The van der Waals surface area contributed by atoms with E-state index in [-0.39, 0.29) is 10.6 Å². The van der Waals surface area contributed by atoms with Crippen LogP contribution in [0, 0.1) is 17.0 Å². The lowest BCUT2D eigenvalue weighted by Gasteiger charge is -2.28. The van der Waals surface area contributed by atoms with Crippen LogP contribution in [0.4, 0.5) is 11.4 Å². The van der Waals surface area contributed by atoms with Gasteiger partial charge in [0.2, 0.25) is 0 Å². The standard InChI is InChI=1S/C15H23N3O3/c1-12-8-14(10-15(9-12)18(19)20)17(6-7-21-2)11-13-4-3-5-16-13/h8-10,13,16H,3-7,11H2,1-2H3. The van der Waals surface area contributed by atoms with Crippen LogP contribution in [-0.2, 0) is 4.74 Å². The number of ether oxygens (including phenoxy) is 1. The van der Waals surface area contributed by atoms with E-state index < -0.39 is 0 Å². The van der Waals surface area contributed by atoms with Gasteiger partial charge >= 0.3 is 0 Å². The molecule has 116 valence electrons. The lowest BCUT2D eigenvalue weighted by molar-refractivity contribution is -0.384. The van der Waals surface area contributed by atoms with Gasteiger partial charge in [0.25, 0.3) is 5.69 Å². The van der Waals surface area contributed by atoms with Gasteiger partial charge in [-0.25, -0.2) is 0 Å². The molecule has 1 aliphatic heterocycles. The number of nitrogens with one attached hydrogen (secondary N) is 1. The highest BCUT2D eigenvalue weighted by Gasteiger charge is 2.20. The lowest BCUT2D eigenvalue weighted by Crippen LogP contribution is -2.39. The van der Waals surface area contributed by atoms with Crippen LogP contribution < -0.4 is 10.2 Å². The molecule has 0 amide bonds. The third-order valence-corrected chi connectivity index (χ3v) is 3.79. The first-order valence-corrected chi connectivity index (χ1v) is 7.33. The van der Waals surface area contributed by atoms with Crippen molar-refractivity contribution in [1.29, 1.82) is 0 Å². The number of anilines is 1. The molecule has 0 bridgehead atoms. The number of hydrogen-bond acceptors (Lipinski definition) is 5. The molecular formula is C15H23N3O3. The molecular weight excluding hydrogens is 270 g/mol. The molecule has 1 fully saturated rings. The van der Waals surface area contributed by atoms with Crippen LogP contribution in [0.2, 0.25) is 0 Å². The van der Waals surface area contributed by atoms with Crippen LogP contribution in [0.25, 0.3) is 0 Å². The van der Waals surface area contributed by atoms with E-state index in [1.54, 1.807) is 19.2 Å². The van der Waals surface area contributed by atoms with Gasteiger partial charge in [-0.2, -0.15) is 0 Å². The summed E-state index contributed by atoms with van der Waals surface area (Å²) in [7, 11) is 1.67. The van der Waals surface area contributed by atoms with Gasteiger partial charge in [-0.1, -0.05) is 0 Å². The largest absolute Gasteiger partial charge is 0.383 e. The minimum absolute atomic E-state index is 0.145. The summed E-state index contributed by atoms with van der Waals surface area (Å²) < 4.78 is 5.17. The fraction of sp³-hybridized carbons (Fsp3) is 0.600. The molecule has 6 heteroatoms. The Kier molecular flexibility index (Phi) is 5.52. The molecule has 1 aliphatic rings. The Hall–Kier alpha value is -1.66. The van der Waals surface area contributed by atoms with Gasteiger partial charge in [0.15, 0.2) is 0 Å². The van der Waals surface area contributed by atoms with Crippen LogP contribution in [0.5, 0.6) is 0 Å². The normalized spacial score (nSPS) is 17.9. The summed E-state index contributed by atoms with van der Waals surface area (Å²) in [6, 6.07) is 5.70. The van der Waals surface area contributed by atoms with Crippen LogP contribution in [0.1, 0.15) is 18.4 Å². The van der Waals surface area contributed by atoms with Gasteiger partial charge < -0.3 is 15.0 Å². The first-order chi connectivity index (χ1) is 10.1. The van der Waals surface area contributed by atoms with Gasteiger partial charge in [-0.15, -0.1) is 0 Å². The maximum Gasteiger partial charge on any atom is 0.271 e. The summed E-state index contributed by atoms with van der Waals surface area (Å²) in [6.45, 7) is 5.13. The summed E-state index contributed by atoms with van der Waals surface area (Å²) in [5.74, 6) is 0. The van der Waals surface area contributed by atoms with E-state index in [1.807, 2.05) is 13.0 Å². The van der Waals surface area contributed by atoms with Crippen molar-refractivity contribution in [2.24, 2.45) is 0 Å². The van der Waals surface area contributed by atoms with E-state index in [9.17, 15) is 10.1 Å². The molecule has 21 heavy (non-hydrogen) atoms. The van der Waals surface area contributed by atoms with E-state index >= 15 is 0 Å². The number of nitro groups is 1. The molecule has 1 heterocycles. The fourth-order valence-corrected chi connectivity index (χ4v) is 2.74. The molecule has 1 saturated heterocycles. The Morgan fingerprint density at radius 3 is 2.90 bits per heavy atom. The second-order valence-electron chi connectivity index (χ2n) is 5.52. The third-order valence-electron chi connectivity index (χ3n) is 3.79. The van der Waals surface area contributed by atoms with Crippen molar-refractivity contribution in [2.45, 2.75) is 25.8 Å². The molecule has 2 rings (SSSR count). The zero-order valence-corrected chi connectivity index (χ0v) is 12.7. The monoisotopic (exact) mass is 293 g/mol. The lowest BCUT2D eigenvalue weighted by atomic mass is 10.1. The molecule has 6 nitrogen and oxygen atoms in total. The van der Waals surface area contributed by atoms with E-state index in [0.717, 1.165) is 37.3 Å². The Morgan fingerprint density at radius 1 is 1.48 bits per heavy atom. The number of hydrogen-bond donors (Lipinski definition) is 1. The van der Waals surface area contributed by atoms with Crippen LogP contribution in [0.3, 0.4) is 0 Å². The average Bonchev–Trinajstić information content (AvgIpc) is 2.95. The van der Waals surface area contributed by atoms with Gasteiger partial charge in [0.1, 0.15) is 0 Å². The van der Waals surface area contributed by atoms with E-state index in [2.05, 4.69) is 10.2 Å². The van der Waals surface area contributed by atoms with E-state index in [1.165, 1.54) is 6.42 Å². The van der Waals surface area contributed by atoms with Gasteiger partial charge in [-0.05, 0) is 37.9 Å². The number of rotatable bonds is 7. The highest BCUT2D eigenvalue weighted by atomic mass is 16.6. The number of aryl methyl sites for hydroxylation is 1. The summed E-state index contributed by atoms with van der Waals surface area (Å²) in [6.07, 6.45) is 2.34. The molecule has 0 aromatic heterocycles. The van der Waals surface area contributed by atoms with E-state index in [0.29, 0.717) is 12.6 Å². The molecule has 1 N–H and O–H groups in total. The molecule has 0 radical (unpaired) electrons. The third kappa shape index (κ3) is 4.41. The SMILES string of the molecule is COCCN(CC1CCCN1)c1cc(C)cc([N+](=O)[O-])c1. The maximum atomic E-state index is 11.0. The van der Waals surface area contributed by atoms with Crippen molar-refractivity contribution in [1.82, 2.24) is 5.32 Å². The summed E-state index contributed by atoms with van der Waals surface area (Å²) in [5, 5.41) is 14.5. The molecule has 1 aromatic rings. The number of benzene rings is 1. The van der Waals surface area contributed by atoms with Crippen molar-refractivity contribution in [3.05, 3.63) is 33.9 Å². The van der Waals surface area contributed by atoms with Gasteiger partial charge in [0, 0.05) is 44.1 Å². The summed E-state index contributed by atoms with van der Waals surface area (Å²) in [5.41, 5.74) is 1.94. The Morgan fingerprint density at radius 2 is 2.29 bits per heavy atom. The number of methoxy groups -OCH3 is 1. The molecule has 1 atom stereocenters. The minimum Gasteiger partial charge on any atom is -0.383 e. The zero-order chi connectivity index (χ0) is 15.2. The van der Waals surface area contributed by atoms with Crippen LogP contribution in [-0.4, -0.2) is 44.3 Å². The number of nitro benzene ring substituents is 1. The summed E-state index contributed by atoms with van der Waals surface area (Å²) >= 11 is 0. The highest BCUT2D eigenvalue weighted by molar-refractivity contribution is 5.56. The number of non-ortho nitro benzene ring substituents is 1.